The lowest BCUT2D eigenvalue weighted by molar-refractivity contribution is 0.102. The number of para-hydroxylation sites is 1. The fraction of sp³-hybridized carbons (Fsp3) is 0.133. The summed E-state index contributed by atoms with van der Waals surface area (Å²) in [4.78, 5) is 12.4. The van der Waals surface area contributed by atoms with Crippen LogP contribution in [-0.4, -0.2) is 20.1 Å². The number of hydrogen-bond acceptors (Lipinski definition) is 4. The topological polar surface area (TPSA) is 73.6 Å². The average Bonchev–Trinajstić information content (AvgIpc) is 2.50. The van der Waals surface area contributed by atoms with E-state index < -0.39 is 0 Å². The average molecular weight is 307 g/mol. The third-order valence-corrected chi connectivity index (χ3v) is 3.25. The normalized spacial score (nSPS) is 10.0. The van der Waals surface area contributed by atoms with Crippen molar-refractivity contribution in [3.8, 4) is 11.5 Å². The second-order valence-electron chi connectivity index (χ2n) is 4.22. The van der Waals surface area contributed by atoms with Crippen LogP contribution in [0.5, 0.6) is 11.5 Å². The summed E-state index contributed by atoms with van der Waals surface area (Å²) >= 11 is 6.04. The van der Waals surface area contributed by atoms with Crippen LogP contribution in [0.15, 0.2) is 36.4 Å². The number of methoxy groups -OCH3 is 2. The zero-order chi connectivity index (χ0) is 15.4. The number of carbonyl (C=O) groups excluding carboxylic acids is 1. The first-order valence-electron chi connectivity index (χ1n) is 6.14. The number of benzene rings is 2. The van der Waals surface area contributed by atoms with Gasteiger partial charge in [-0.3, -0.25) is 4.79 Å². The minimum atomic E-state index is -0.384. The summed E-state index contributed by atoms with van der Waals surface area (Å²) in [7, 11) is 3.01. The van der Waals surface area contributed by atoms with Gasteiger partial charge < -0.3 is 20.5 Å². The standard InChI is InChI=1S/C15H15ClN2O3/c1-20-9-6-7-13(21-2)10(8-9)15(19)18-14-11(16)4-3-5-12(14)17/h3-8H,17H2,1-2H3,(H,18,19). The number of amides is 1. The van der Waals surface area contributed by atoms with E-state index in [1.54, 1.807) is 36.4 Å². The van der Waals surface area contributed by atoms with Gasteiger partial charge in [-0.25, -0.2) is 0 Å². The first-order chi connectivity index (χ1) is 10.1. The Balaban J connectivity index is 2.36. The number of ether oxygens (including phenoxy) is 2. The van der Waals surface area contributed by atoms with Gasteiger partial charge in [0.2, 0.25) is 0 Å². The second kappa shape index (κ2) is 6.37. The number of carbonyl (C=O) groups is 1. The Hall–Kier alpha value is -2.40. The minimum Gasteiger partial charge on any atom is -0.497 e. The first kappa shape index (κ1) is 15.0. The third-order valence-electron chi connectivity index (χ3n) is 2.94. The molecule has 0 unspecified atom stereocenters. The number of hydrogen-bond donors (Lipinski definition) is 2. The number of halogens is 1. The van der Waals surface area contributed by atoms with Gasteiger partial charge in [0.15, 0.2) is 0 Å². The Morgan fingerprint density at radius 3 is 2.57 bits per heavy atom. The predicted octanol–water partition coefficient (Wildman–Crippen LogP) is 3.19. The molecular formula is C15H15ClN2O3. The van der Waals surface area contributed by atoms with E-state index in [-0.39, 0.29) is 5.91 Å². The first-order valence-corrected chi connectivity index (χ1v) is 6.52. The van der Waals surface area contributed by atoms with Gasteiger partial charge in [0.05, 0.1) is 36.2 Å². The maximum Gasteiger partial charge on any atom is 0.259 e. The Labute approximate surface area is 127 Å². The van der Waals surface area contributed by atoms with Gasteiger partial charge in [-0.15, -0.1) is 0 Å². The molecule has 0 aliphatic rings. The zero-order valence-corrected chi connectivity index (χ0v) is 12.4. The van der Waals surface area contributed by atoms with Crippen LogP contribution >= 0.6 is 11.6 Å². The van der Waals surface area contributed by atoms with Gasteiger partial charge in [-0.1, -0.05) is 17.7 Å². The van der Waals surface area contributed by atoms with Crippen molar-refractivity contribution in [1.82, 2.24) is 0 Å². The molecule has 1 amide bonds. The predicted molar refractivity (Wildman–Crippen MR) is 83.4 cm³/mol. The third kappa shape index (κ3) is 3.20. The van der Waals surface area contributed by atoms with Gasteiger partial charge >= 0.3 is 0 Å². The van der Waals surface area contributed by atoms with Crippen LogP contribution in [0, 0.1) is 0 Å². The molecule has 5 nitrogen and oxygen atoms in total. The monoisotopic (exact) mass is 306 g/mol. The molecule has 2 rings (SSSR count). The minimum absolute atomic E-state index is 0.330. The molecule has 0 saturated heterocycles. The Morgan fingerprint density at radius 2 is 1.95 bits per heavy atom. The molecule has 0 aliphatic heterocycles. The van der Waals surface area contributed by atoms with Crippen molar-refractivity contribution < 1.29 is 14.3 Å². The lowest BCUT2D eigenvalue weighted by Crippen LogP contribution is -2.15. The second-order valence-corrected chi connectivity index (χ2v) is 4.63. The van der Waals surface area contributed by atoms with E-state index in [0.717, 1.165) is 0 Å². The van der Waals surface area contributed by atoms with Crippen LogP contribution in [0.4, 0.5) is 11.4 Å². The van der Waals surface area contributed by atoms with Crippen molar-refractivity contribution in [2.45, 2.75) is 0 Å². The molecule has 0 fully saturated rings. The van der Waals surface area contributed by atoms with Gasteiger partial charge in [0, 0.05) is 0 Å². The highest BCUT2D eigenvalue weighted by Crippen LogP contribution is 2.30. The van der Waals surface area contributed by atoms with Crippen molar-refractivity contribution >= 4 is 28.9 Å². The summed E-state index contributed by atoms with van der Waals surface area (Å²) in [6.45, 7) is 0. The van der Waals surface area contributed by atoms with Crippen LogP contribution in [0.1, 0.15) is 10.4 Å². The van der Waals surface area contributed by atoms with E-state index in [0.29, 0.717) is 33.5 Å². The van der Waals surface area contributed by atoms with Gasteiger partial charge in [-0.05, 0) is 30.3 Å². The highest BCUT2D eigenvalue weighted by Gasteiger charge is 2.16. The van der Waals surface area contributed by atoms with Crippen molar-refractivity contribution in [2.75, 3.05) is 25.3 Å². The van der Waals surface area contributed by atoms with Crippen LogP contribution in [0.25, 0.3) is 0 Å². The highest BCUT2D eigenvalue weighted by atomic mass is 35.5. The lowest BCUT2D eigenvalue weighted by Gasteiger charge is -2.13. The summed E-state index contributed by atoms with van der Waals surface area (Å²) < 4.78 is 10.3. The van der Waals surface area contributed by atoms with Crippen LogP contribution in [0.3, 0.4) is 0 Å². The van der Waals surface area contributed by atoms with Crippen LogP contribution in [-0.2, 0) is 0 Å². The molecule has 6 heteroatoms. The smallest absolute Gasteiger partial charge is 0.259 e. The Kier molecular flexibility index (Phi) is 4.55. The molecule has 0 aromatic heterocycles. The van der Waals surface area contributed by atoms with E-state index in [1.165, 1.54) is 14.2 Å². The molecule has 0 bridgehead atoms. The molecular weight excluding hydrogens is 292 g/mol. The Bertz CT molecular complexity index is 654. The summed E-state index contributed by atoms with van der Waals surface area (Å²) in [5.74, 6) is 0.595. The van der Waals surface area contributed by atoms with Crippen LogP contribution in [0.2, 0.25) is 5.02 Å². The largest absolute Gasteiger partial charge is 0.497 e. The molecule has 3 N–H and O–H groups in total. The summed E-state index contributed by atoms with van der Waals surface area (Å²) in [6, 6.07) is 9.96. The van der Waals surface area contributed by atoms with Crippen LogP contribution < -0.4 is 20.5 Å². The molecule has 110 valence electrons. The molecule has 2 aromatic rings. The molecule has 0 saturated carbocycles. The van der Waals surface area contributed by atoms with E-state index in [2.05, 4.69) is 5.32 Å². The molecule has 2 aromatic carbocycles. The molecule has 0 spiro atoms. The van der Waals surface area contributed by atoms with E-state index >= 15 is 0 Å². The van der Waals surface area contributed by atoms with Gasteiger partial charge in [-0.2, -0.15) is 0 Å². The summed E-state index contributed by atoms with van der Waals surface area (Å²) in [5.41, 5.74) is 6.91. The highest BCUT2D eigenvalue weighted by molar-refractivity contribution is 6.34. The Morgan fingerprint density at radius 1 is 1.19 bits per heavy atom. The maximum atomic E-state index is 12.4. The van der Waals surface area contributed by atoms with Crippen molar-refractivity contribution in [3.05, 3.63) is 47.0 Å². The molecule has 0 aliphatic carbocycles. The van der Waals surface area contributed by atoms with E-state index in [4.69, 9.17) is 26.8 Å². The molecule has 21 heavy (non-hydrogen) atoms. The van der Waals surface area contributed by atoms with E-state index in [1.807, 2.05) is 0 Å². The number of nitrogens with one attached hydrogen (secondary N) is 1. The summed E-state index contributed by atoms with van der Waals surface area (Å²) in [5, 5.41) is 3.06. The fourth-order valence-corrected chi connectivity index (χ4v) is 2.07. The zero-order valence-electron chi connectivity index (χ0n) is 11.6. The fourth-order valence-electron chi connectivity index (χ4n) is 1.85. The van der Waals surface area contributed by atoms with Crippen molar-refractivity contribution in [2.24, 2.45) is 0 Å². The molecule has 0 heterocycles. The van der Waals surface area contributed by atoms with Gasteiger partial charge in [0.1, 0.15) is 11.5 Å². The lowest BCUT2D eigenvalue weighted by atomic mass is 10.1. The number of nitrogen functional groups attached to an aromatic ring is 1. The summed E-state index contributed by atoms with van der Waals surface area (Å²) in [6.07, 6.45) is 0. The maximum absolute atomic E-state index is 12.4. The number of nitrogens with two attached hydrogens (primary N) is 1. The molecule has 0 radical (unpaired) electrons. The number of anilines is 2. The quantitative estimate of drug-likeness (QED) is 0.851. The van der Waals surface area contributed by atoms with Crippen molar-refractivity contribution in [1.29, 1.82) is 0 Å². The SMILES string of the molecule is COc1ccc(OC)c(C(=O)Nc2c(N)cccc2Cl)c1. The van der Waals surface area contributed by atoms with Crippen molar-refractivity contribution in [3.63, 3.8) is 0 Å². The molecule has 0 atom stereocenters. The van der Waals surface area contributed by atoms with Gasteiger partial charge in [0.25, 0.3) is 5.91 Å². The van der Waals surface area contributed by atoms with E-state index in [9.17, 15) is 4.79 Å². The number of rotatable bonds is 4.